The summed E-state index contributed by atoms with van der Waals surface area (Å²) < 4.78 is 47.8. The molecule has 0 unspecified atom stereocenters. The van der Waals surface area contributed by atoms with Gasteiger partial charge < -0.3 is 10.5 Å². The molecule has 28 heavy (non-hydrogen) atoms. The van der Waals surface area contributed by atoms with Crippen molar-refractivity contribution >= 4 is 17.0 Å². The first kappa shape index (κ1) is 17.8. The van der Waals surface area contributed by atoms with Gasteiger partial charge in [0.15, 0.2) is 11.5 Å². The van der Waals surface area contributed by atoms with Gasteiger partial charge in [0.05, 0.1) is 30.8 Å². The number of hydrogen-bond donors (Lipinski definition) is 1. The van der Waals surface area contributed by atoms with Gasteiger partial charge in [-0.25, -0.2) is 9.36 Å². The Kier molecular flexibility index (Phi) is 4.13. The number of rotatable bonds is 4. The summed E-state index contributed by atoms with van der Waals surface area (Å²) in [5.41, 5.74) is 5.64. The lowest BCUT2D eigenvalue weighted by Gasteiger charge is -2.15. The molecule has 0 radical (unpaired) electrons. The number of halogens is 3. The molecule has 4 rings (SSSR count). The summed E-state index contributed by atoms with van der Waals surface area (Å²) in [7, 11) is 1.20. The fraction of sp³-hybridized carbons (Fsp3) is 0.176. The van der Waals surface area contributed by atoms with Crippen molar-refractivity contribution in [2.75, 3.05) is 12.8 Å². The zero-order chi connectivity index (χ0) is 19.9. The first-order valence-corrected chi connectivity index (χ1v) is 8.10. The second-order valence-electron chi connectivity index (χ2n) is 5.89. The molecule has 144 valence electrons. The Labute approximate surface area is 156 Å². The summed E-state index contributed by atoms with van der Waals surface area (Å²) in [4.78, 5) is 8.38. The van der Waals surface area contributed by atoms with E-state index in [1.165, 1.54) is 28.7 Å². The van der Waals surface area contributed by atoms with Crippen LogP contribution in [0.15, 0.2) is 42.9 Å². The quantitative estimate of drug-likeness (QED) is 0.576. The fourth-order valence-electron chi connectivity index (χ4n) is 2.98. The number of aromatic nitrogens is 6. The van der Waals surface area contributed by atoms with E-state index in [0.717, 1.165) is 6.07 Å². The fourth-order valence-corrected chi connectivity index (χ4v) is 2.98. The highest BCUT2D eigenvalue weighted by atomic mass is 19.4. The van der Waals surface area contributed by atoms with Gasteiger partial charge in [0, 0.05) is 18.0 Å². The molecule has 0 fully saturated rings. The Morgan fingerprint density at radius 3 is 2.64 bits per heavy atom. The van der Waals surface area contributed by atoms with Crippen LogP contribution in [0.3, 0.4) is 0 Å². The van der Waals surface area contributed by atoms with Crippen LogP contribution in [0, 0.1) is 0 Å². The van der Waals surface area contributed by atoms with Crippen LogP contribution in [0.4, 0.5) is 19.1 Å². The van der Waals surface area contributed by atoms with Gasteiger partial charge >= 0.3 is 6.18 Å². The van der Waals surface area contributed by atoms with Crippen molar-refractivity contribution in [1.29, 1.82) is 0 Å². The number of nitrogen functional groups attached to an aromatic ring is 1. The third kappa shape index (κ3) is 3.00. The van der Waals surface area contributed by atoms with Crippen LogP contribution in [0.5, 0.6) is 5.75 Å². The highest BCUT2D eigenvalue weighted by Crippen LogP contribution is 2.38. The van der Waals surface area contributed by atoms with Crippen molar-refractivity contribution in [3.8, 4) is 11.6 Å². The number of ether oxygens (including phenoxy) is 1. The van der Waals surface area contributed by atoms with Crippen LogP contribution in [0.1, 0.15) is 11.1 Å². The highest BCUT2D eigenvalue weighted by molar-refractivity contribution is 5.83. The van der Waals surface area contributed by atoms with Crippen LogP contribution >= 0.6 is 0 Å². The Bertz CT molecular complexity index is 1140. The maximum Gasteiger partial charge on any atom is 0.419 e. The van der Waals surface area contributed by atoms with E-state index in [9.17, 15) is 13.2 Å². The average molecular weight is 389 g/mol. The number of hydrogen-bond acceptors (Lipinski definition) is 6. The molecule has 0 aliphatic rings. The van der Waals surface area contributed by atoms with Gasteiger partial charge in [-0.15, -0.1) is 0 Å². The van der Waals surface area contributed by atoms with E-state index in [2.05, 4.69) is 20.2 Å². The van der Waals surface area contributed by atoms with Gasteiger partial charge in [0.2, 0.25) is 5.95 Å². The van der Waals surface area contributed by atoms with Crippen molar-refractivity contribution in [3.05, 3.63) is 54.0 Å². The first-order valence-electron chi connectivity index (χ1n) is 8.10. The number of nitrogens with two attached hydrogens (primary N) is 1. The van der Waals surface area contributed by atoms with Crippen molar-refractivity contribution in [2.24, 2.45) is 0 Å². The normalized spacial score (nSPS) is 11.9. The molecule has 0 atom stereocenters. The van der Waals surface area contributed by atoms with Gasteiger partial charge in [0.25, 0.3) is 0 Å². The van der Waals surface area contributed by atoms with Crippen LogP contribution in [0.25, 0.3) is 16.9 Å². The van der Waals surface area contributed by atoms with Crippen LogP contribution in [-0.4, -0.2) is 36.6 Å². The molecule has 2 N–H and O–H groups in total. The van der Waals surface area contributed by atoms with E-state index in [-0.39, 0.29) is 18.2 Å². The number of nitrogens with zero attached hydrogens (tertiary/aromatic N) is 6. The molecule has 11 heteroatoms. The largest absolute Gasteiger partial charge is 0.496 e. The van der Waals surface area contributed by atoms with E-state index in [1.807, 2.05) is 0 Å². The zero-order valence-corrected chi connectivity index (χ0v) is 14.6. The van der Waals surface area contributed by atoms with Gasteiger partial charge in [-0.3, -0.25) is 0 Å². The second kappa shape index (κ2) is 6.51. The summed E-state index contributed by atoms with van der Waals surface area (Å²) in [6, 6.07) is 5.56. The van der Waals surface area contributed by atoms with Crippen LogP contribution in [-0.2, 0) is 12.7 Å². The lowest BCUT2D eigenvalue weighted by molar-refractivity contribution is -0.138. The standard InChI is InChI=1S/C17H14F3N7O/c1-28-13-10(4-2-5-12(13)17(18,19)20)9-27-15-11(8-23-27)14(24-16(21)25-15)26-7-3-6-22-26/h2-8H,9H2,1H3,(H2,21,24,25). The molecule has 0 amide bonds. The molecule has 0 aliphatic carbocycles. The van der Waals surface area contributed by atoms with Gasteiger partial charge in [-0.1, -0.05) is 12.1 Å². The Morgan fingerprint density at radius 1 is 1.14 bits per heavy atom. The third-order valence-corrected chi connectivity index (χ3v) is 4.14. The number of alkyl halides is 3. The summed E-state index contributed by atoms with van der Waals surface area (Å²) in [6.07, 6.45) is 0.260. The Morgan fingerprint density at radius 2 is 1.96 bits per heavy atom. The van der Waals surface area contributed by atoms with E-state index in [0.29, 0.717) is 22.4 Å². The molecule has 0 saturated carbocycles. The van der Waals surface area contributed by atoms with Crippen molar-refractivity contribution in [2.45, 2.75) is 12.7 Å². The minimum absolute atomic E-state index is 0.00393. The van der Waals surface area contributed by atoms with E-state index < -0.39 is 11.7 Å². The van der Waals surface area contributed by atoms with Crippen LogP contribution in [0.2, 0.25) is 0 Å². The minimum Gasteiger partial charge on any atom is -0.496 e. The van der Waals surface area contributed by atoms with Crippen molar-refractivity contribution in [1.82, 2.24) is 29.5 Å². The highest BCUT2D eigenvalue weighted by Gasteiger charge is 2.35. The predicted octanol–water partition coefficient (Wildman–Crippen LogP) is 2.67. The lowest BCUT2D eigenvalue weighted by atomic mass is 10.1. The number of benzene rings is 1. The third-order valence-electron chi connectivity index (χ3n) is 4.14. The molecular weight excluding hydrogens is 375 g/mol. The van der Waals surface area contributed by atoms with Crippen molar-refractivity contribution < 1.29 is 17.9 Å². The maximum atomic E-state index is 13.3. The van der Waals surface area contributed by atoms with Crippen LogP contribution < -0.4 is 10.5 Å². The smallest absolute Gasteiger partial charge is 0.419 e. The van der Waals surface area contributed by atoms with Gasteiger partial charge in [0.1, 0.15) is 5.75 Å². The Balaban J connectivity index is 1.82. The molecule has 4 aromatic rings. The van der Waals surface area contributed by atoms with Gasteiger partial charge in [-0.2, -0.15) is 33.3 Å². The maximum absolute atomic E-state index is 13.3. The number of fused-ring (bicyclic) bond motifs is 1. The molecule has 0 bridgehead atoms. The Hall–Kier alpha value is -3.63. The predicted molar refractivity (Wildman–Crippen MR) is 94.0 cm³/mol. The number of anilines is 1. The molecule has 0 spiro atoms. The molecule has 8 nitrogen and oxygen atoms in total. The summed E-state index contributed by atoms with van der Waals surface area (Å²) >= 11 is 0. The van der Waals surface area contributed by atoms with E-state index in [4.69, 9.17) is 10.5 Å². The van der Waals surface area contributed by atoms with Gasteiger partial charge in [-0.05, 0) is 12.1 Å². The minimum atomic E-state index is -4.53. The monoisotopic (exact) mass is 389 g/mol. The van der Waals surface area contributed by atoms with E-state index >= 15 is 0 Å². The molecular formula is C17H14F3N7O. The molecule has 1 aromatic carbocycles. The van der Waals surface area contributed by atoms with E-state index in [1.54, 1.807) is 24.5 Å². The molecule has 3 aromatic heterocycles. The number of methoxy groups -OCH3 is 1. The zero-order valence-electron chi connectivity index (χ0n) is 14.6. The topological polar surface area (TPSA) is 96.7 Å². The number of para-hydroxylation sites is 1. The SMILES string of the molecule is COc1c(Cn2ncc3c(-n4cccn4)nc(N)nc32)cccc1C(F)(F)F. The second-order valence-corrected chi connectivity index (χ2v) is 5.89. The lowest BCUT2D eigenvalue weighted by Crippen LogP contribution is -2.12. The average Bonchev–Trinajstić information content (AvgIpc) is 3.31. The van der Waals surface area contributed by atoms with Crippen molar-refractivity contribution in [3.63, 3.8) is 0 Å². The molecule has 0 aliphatic heterocycles. The summed E-state index contributed by atoms with van der Waals surface area (Å²) in [5, 5.41) is 8.94. The summed E-state index contributed by atoms with van der Waals surface area (Å²) in [5.74, 6) is 0.165. The molecule has 3 heterocycles. The summed E-state index contributed by atoms with van der Waals surface area (Å²) in [6.45, 7) is 0.00555. The first-order chi connectivity index (χ1) is 13.4. The molecule has 0 saturated heterocycles.